The molecule has 0 radical (unpaired) electrons. The molecular formula is C10H12F4N2. The molecule has 90 valence electrons. The molecule has 1 aromatic rings. The van der Waals surface area contributed by atoms with Gasteiger partial charge in [0.25, 0.3) is 0 Å². The van der Waals surface area contributed by atoms with Crippen LogP contribution in [0, 0.1) is 11.7 Å². The Morgan fingerprint density at radius 2 is 1.75 bits per heavy atom. The number of alkyl halides is 3. The second-order valence-electron chi connectivity index (χ2n) is 3.36. The molecule has 1 unspecified atom stereocenters. The van der Waals surface area contributed by atoms with Gasteiger partial charge in [-0.15, -0.1) is 0 Å². The van der Waals surface area contributed by atoms with Crippen LogP contribution in [0.1, 0.15) is 0 Å². The van der Waals surface area contributed by atoms with Crippen molar-refractivity contribution in [2.45, 2.75) is 6.18 Å². The van der Waals surface area contributed by atoms with Gasteiger partial charge in [-0.1, -0.05) is 0 Å². The number of benzene rings is 1. The molecule has 0 amide bonds. The first-order valence-corrected chi connectivity index (χ1v) is 4.69. The molecule has 1 aromatic carbocycles. The van der Waals surface area contributed by atoms with Crippen LogP contribution < -0.4 is 11.1 Å². The summed E-state index contributed by atoms with van der Waals surface area (Å²) in [6, 6.07) is 5.10. The van der Waals surface area contributed by atoms with Gasteiger partial charge in [-0.3, -0.25) is 0 Å². The molecule has 0 saturated carbocycles. The summed E-state index contributed by atoms with van der Waals surface area (Å²) in [5.74, 6) is -2.03. The molecular weight excluding hydrogens is 224 g/mol. The average Bonchev–Trinajstić information content (AvgIpc) is 2.19. The highest BCUT2D eigenvalue weighted by molar-refractivity contribution is 5.42. The Labute approximate surface area is 90.4 Å². The van der Waals surface area contributed by atoms with Crippen molar-refractivity contribution in [1.82, 2.24) is 0 Å². The molecule has 0 aliphatic carbocycles. The maximum atomic E-state index is 12.5. The first kappa shape index (κ1) is 12.8. The van der Waals surface area contributed by atoms with Crippen molar-refractivity contribution >= 4 is 5.69 Å². The number of nitrogens with one attached hydrogen (secondary N) is 1. The van der Waals surface area contributed by atoms with E-state index in [0.29, 0.717) is 5.69 Å². The van der Waals surface area contributed by atoms with E-state index >= 15 is 0 Å². The van der Waals surface area contributed by atoms with Crippen LogP contribution in [-0.2, 0) is 0 Å². The van der Waals surface area contributed by atoms with Crippen molar-refractivity contribution in [3.8, 4) is 0 Å². The van der Waals surface area contributed by atoms with Crippen LogP contribution in [-0.4, -0.2) is 19.3 Å². The average molecular weight is 236 g/mol. The summed E-state index contributed by atoms with van der Waals surface area (Å²) in [5, 5.41) is 2.56. The summed E-state index contributed by atoms with van der Waals surface area (Å²) in [7, 11) is 0. The fourth-order valence-electron chi connectivity index (χ4n) is 1.14. The highest BCUT2D eigenvalue weighted by atomic mass is 19.4. The molecule has 1 rings (SSSR count). The van der Waals surface area contributed by atoms with Crippen LogP contribution in [0.4, 0.5) is 23.2 Å². The number of anilines is 1. The van der Waals surface area contributed by atoms with Crippen LogP contribution in [0.3, 0.4) is 0 Å². The molecule has 0 heterocycles. The van der Waals surface area contributed by atoms with Crippen molar-refractivity contribution in [2.75, 3.05) is 18.4 Å². The van der Waals surface area contributed by atoms with Crippen molar-refractivity contribution < 1.29 is 17.6 Å². The van der Waals surface area contributed by atoms with E-state index in [2.05, 4.69) is 5.32 Å². The van der Waals surface area contributed by atoms with E-state index in [9.17, 15) is 17.6 Å². The van der Waals surface area contributed by atoms with Gasteiger partial charge in [0.15, 0.2) is 0 Å². The second-order valence-corrected chi connectivity index (χ2v) is 3.36. The van der Waals surface area contributed by atoms with E-state index in [-0.39, 0.29) is 6.54 Å². The number of hydrogen-bond acceptors (Lipinski definition) is 2. The second kappa shape index (κ2) is 5.16. The van der Waals surface area contributed by atoms with E-state index < -0.39 is 24.5 Å². The highest BCUT2D eigenvalue weighted by Gasteiger charge is 2.38. The Morgan fingerprint density at radius 1 is 1.19 bits per heavy atom. The quantitative estimate of drug-likeness (QED) is 0.788. The van der Waals surface area contributed by atoms with E-state index in [0.717, 1.165) is 0 Å². The Balaban J connectivity index is 2.53. The van der Waals surface area contributed by atoms with Gasteiger partial charge >= 0.3 is 6.18 Å². The number of rotatable bonds is 4. The largest absolute Gasteiger partial charge is 0.394 e. The predicted octanol–water partition coefficient (Wildman–Crippen LogP) is 2.37. The third-order valence-electron chi connectivity index (χ3n) is 2.14. The lowest BCUT2D eigenvalue weighted by atomic mass is 10.1. The van der Waals surface area contributed by atoms with Crippen LogP contribution in [0.5, 0.6) is 0 Å². The summed E-state index contributed by atoms with van der Waals surface area (Å²) in [6.07, 6.45) is -4.32. The smallest absolute Gasteiger partial charge is 0.384 e. The summed E-state index contributed by atoms with van der Waals surface area (Å²) in [6.45, 7) is -0.788. The maximum absolute atomic E-state index is 12.5. The van der Waals surface area contributed by atoms with Gasteiger partial charge in [0, 0.05) is 18.8 Å². The van der Waals surface area contributed by atoms with Gasteiger partial charge in [-0.05, 0) is 24.3 Å². The van der Waals surface area contributed by atoms with Gasteiger partial charge in [0.1, 0.15) is 5.82 Å². The Kier molecular flexibility index (Phi) is 4.12. The lowest BCUT2D eigenvalue weighted by Gasteiger charge is -2.19. The summed E-state index contributed by atoms with van der Waals surface area (Å²) >= 11 is 0. The number of hydrogen-bond donors (Lipinski definition) is 2. The third-order valence-corrected chi connectivity index (χ3v) is 2.14. The van der Waals surface area contributed by atoms with Gasteiger partial charge in [0.05, 0.1) is 5.92 Å². The molecule has 2 nitrogen and oxygen atoms in total. The van der Waals surface area contributed by atoms with Crippen LogP contribution in [0.25, 0.3) is 0 Å². The van der Waals surface area contributed by atoms with E-state index in [1.165, 1.54) is 24.3 Å². The molecule has 6 heteroatoms. The van der Waals surface area contributed by atoms with Gasteiger partial charge in [-0.2, -0.15) is 13.2 Å². The lowest BCUT2D eigenvalue weighted by molar-refractivity contribution is -0.167. The molecule has 0 saturated heterocycles. The normalized spacial score (nSPS) is 13.6. The summed E-state index contributed by atoms with van der Waals surface area (Å²) < 4.78 is 49.4. The van der Waals surface area contributed by atoms with Gasteiger partial charge in [0.2, 0.25) is 0 Å². The topological polar surface area (TPSA) is 38.0 Å². The zero-order chi connectivity index (χ0) is 12.2. The summed E-state index contributed by atoms with van der Waals surface area (Å²) in [4.78, 5) is 0. The molecule has 0 aliphatic heterocycles. The van der Waals surface area contributed by atoms with Crippen molar-refractivity contribution in [2.24, 2.45) is 11.7 Å². The first-order chi connectivity index (χ1) is 7.43. The molecule has 16 heavy (non-hydrogen) atoms. The Morgan fingerprint density at radius 3 is 2.19 bits per heavy atom. The zero-order valence-electron chi connectivity index (χ0n) is 8.39. The monoisotopic (exact) mass is 236 g/mol. The molecule has 0 bridgehead atoms. The minimum Gasteiger partial charge on any atom is -0.384 e. The van der Waals surface area contributed by atoms with Gasteiger partial charge < -0.3 is 11.1 Å². The molecule has 0 aromatic heterocycles. The van der Waals surface area contributed by atoms with Crippen LogP contribution in [0.15, 0.2) is 24.3 Å². The standard InChI is InChI=1S/C10H12F4N2/c11-8-1-3-9(4-2-8)16-6-7(5-15)10(12,13)14/h1-4,7,16H,5-6,15H2. The fraction of sp³-hybridized carbons (Fsp3) is 0.400. The predicted molar refractivity (Wildman–Crippen MR) is 53.5 cm³/mol. The molecule has 0 spiro atoms. The van der Waals surface area contributed by atoms with E-state index in [1.807, 2.05) is 0 Å². The van der Waals surface area contributed by atoms with Crippen molar-refractivity contribution in [3.05, 3.63) is 30.1 Å². The van der Waals surface area contributed by atoms with Gasteiger partial charge in [-0.25, -0.2) is 4.39 Å². The molecule has 0 aliphatic rings. The van der Waals surface area contributed by atoms with Crippen LogP contribution >= 0.6 is 0 Å². The van der Waals surface area contributed by atoms with Crippen molar-refractivity contribution in [3.63, 3.8) is 0 Å². The lowest BCUT2D eigenvalue weighted by Crippen LogP contribution is -2.35. The minimum atomic E-state index is -4.32. The molecule has 3 N–H and O–H groups in total. The zero-order valence-corrected chi connectivity index (χ0v) is 8.39. The fourth-order valence-corrected chi connectivity index (χ4v) is 1.14. The number of halogens is 4. The Hall–Kier alpha value is -1.30. The third kappa shape index (κ3) is 3.69. The highest BCUT2D eigenvalue weighted by Crippen LogP contribution is 2.25. The number of nitrogens with two attached hydrogens (primary N) is 1. The Bertz CT molecular complexity index is 321. The maximum Gasteiger partial charge on any atom is 0.394 e. The molecule has 1 atom stereocenters. The van der Waals surface area contributed by atoms with Crippen LogP contribution in [0.2, 0.25) is 0 Å². The first-order valence-electron chi connectivity index (χ1n) is 4.69. The SMILES string of the molecule is NCC(CNc1ccc(F)cc1)C(F)(F)F. The summed E-state index contributed by atoms with van der Waals surface area (Å²) in [5.41, 5.74) is 5.46. The van der Waals surface area contributed by atoms with E-state index in [4.69, 9.17) is 5.73 Å². The minimum absolute atomic E-state index is 0.314. The van der Waals surface area contributed by atoms with E-state index in [1.54, 1.807) is 0 Å². The molecule has 0 fully saturated rings. The van der Waals surface area contributed by atoms with Crippen molar-refractivity contribution in [1.29, 1.82) is 0 Å².